The Morgan fingerprint density at radius 2 is 1.66 bits per heavy atom. The third-order valence-corrected chi connectivity index (χ3v) is 7.85. The van der Waals surface area contributed by atoms with E-state index >= 15 is 0 Å². The molecule has 0 spiro atoms. The number of hydrogen-bond donors (Lipinski definition) is 1. The molecule has 0 saturated heterocycles. The third-order valence-electron chi connectivity index (χ3n) is 7.85. The van der Waals surface area contributed by atoms with Gasteiger partial charge in [0.1, 0.15) is 0 Å². The predicted molar refractivity (Wildman–Crippen MR) is 114 cm³/mol. The van der Waals surface area contributed by atoms with E-state index in [-0.39, 0.29) is 17.2 Å². The molecule has 0 unspecified atom stereocenters. The van der Waals surface area contributed by atoms with Crippen LogP contribution in [0.5, 0.6) is 0 Å². The van der Waals surface area contributed by atoms with Gasteiger partial charge in [0.2, 0.25) is 11.8 Å². The SMILES string of the molecule is O=C(CCNC(=O)C12CC3CC(CC(C3)C1)C2)N1CC=C(c2ccccc2)CC1. The molecule has 4 nitrogen and oxygen atoms in total. The van der Waals surface area contributed by atoms with E-state index in [2.05, 4.69) is 35.7 Å². The summed E-state index contributed by atoms with van der Waals surface area (Å²) in [6.07, 6.45) is 10.8. The van der Waals surface area contributed by atoms with Crippen molar-refractivity contribution >= 4 is 17.4 Å². The van der Waals surface area contributed by atoms with Gasteiger partial charge in [0.15, 0.2) is 0 Å². The van der Waals surface area contributed by atoms with Gasteiger partial charge in [0.05, 0.1) is 0 Å². The van der Waals surface area contributed by atoms with E-state index in [0.717, 1.165) is 50.0 Å². The van der Waals surface area contributed by atoms with Gasteiger partial charge in [0, 0.05) is 31.5 Å². The maximum Gasteiger partial charge on any atom is 0.226 e. The van der Waals surface area contributed by atoms with E-state index in [4.69, 9.17) is 0 Å². The summed E-state index contributed by atoms with van der Waals surface area (Å²) in [5.74, 6) is 2.70. The molecular weight excluding hydrogens is 360 g/mol. The highest BCUT2D eigenvalue weighted by Gasteiger charge is 2.54. The fourth-order valence-electron chi connectivity index (χ4n) is 6.83. The normalized spacial score (nSPS) is 32.8. The average molecular weight is 393 g/mol. The largest absolute Gasteiger partial charge is 0.355 e. The highest BCUT2D eigenvalue weighted by molar-refractivity contribution is 5.84. The van der Waals surface area contributed by atoms with Gasteiger partial charge in [-0.2, -0.15) is 0 Å². The molecule has 6 rings (SSSR count). The Kier molecular flexibility index (Phi) is 4.97. The van der Waals surface area contributed by atoms with Gasteiger partial charge in [-0.25, -0.2) is 0 Å². The first-order chi connectivity index (χ1) is 14.1. The lowest BCUT2D eigenvalue weighted by molar-refractivity contribution is -0.146. The fourth-order valence-corrected chi connectivity index (χ4v) is 6.83. The van der Waals surface area contributed by atoms with Crippen LogP contribution in [0.2, 0.25) is 0 Å². The van der Waals surface area contributed by atoms with Crippen molar-refractivity contribution in [3.8, 4) is 0 Å². The second-order valence-electron chi connectivity index (χ2n) is 9.89. The van der Waals surface area contributed by atoms with Crippen molar-refractivity contribution in [2.24, 2.45) is 23.2 Å². The fraction of sp³-hybridized carbons (Fsp3) is 0.600. The van der Waals surface area contributed by atoms with Crippen molar-refractivity contribution < 1.29 is 9.59 Å². The van der Waals surface area contributed by atoms with Gasteiger partial charge in [0.25, 0.3) is 0 Å². The molecule has 29 heavy (non-hydrogen) atoms. The third kappa shape index (κ3) is 3.74. The van der Waals surface area contributed by atoms with E-state index < -0.39 is 0 Å². The van der Waals surface area contributed by atoms with Gasteiger partial charge in [-0.1, -0.05) is 36.4 Å². The monoisotopic (exact) mass is 392 g/mol. The number of amides is 2. The van der Waals surface area contributed by atoms with Crippen LogP contribution >= 0.6 is 0 Å². The van der Waals surface area contributed by atoms with Crippen molar-refractivity contribution in [2.45, 2.75) is 51.4 Å². The predicted octanol–water partition coefficient (Wildman–Crippen LogP) is 4.03. The molecule has 1 N–H and O–H groups in total. The smallest absolute Gasteiger partial charge is 0.226 e. The zero-order chi connectivity index (χ0) is 19.8. The van der Waals surface area contributed by atoms with Gasteiger partial charge < -0.3 is 10.2 Å². The Bertz CT molecular complexity index is 778. The molecule has 154 valence electrons. The molecule has 1 heterocycles. The Labute approximate surface area is 173 Å². The Hall–Kier alpha value is -2.10. The van der Waals surface area contributed by atoms with Gasteiger partial charge >= 0.3 is 0 Å². The summed E-state index contributed by atoms with van der Waals surface area (Å²) >= 11 is 0. The molecule has 0 atom stereocenters. The minimum atomic E-state index is -0.115. The topological polar surface area (TPSA) is 49.4 Å². The summed E-state index contributed by atoms with van der Waals surface area (Å²) in [5, 5.41) is 3.14. The first-order valence-electron chi connectivity index (χ1n) is 11.4. The van der Waals surface area contributed by atoms with Gasteiger partial charge in [-0.15, -0.1) is 0 Å². The lowest BCUT2D eigenvalue weighted by Crippen LogP contribution is -2.53. The first kappa shape index (κ1) is 18.9. The summed E-state index contributed by atoms with van der Waals surface area (Å²) in [7, 11) is 0. The summed E-state index contributed by atoms with van der Waals surface area (Å²) in [6.45, 7) is 1.92. The standard InChI is InChI=1S/C25H32N2O2/c28-23(27-10-7-22(8-11-27)21-4-2-1-3-5-21)6-9-26-24(29)25-15-18-12-19(16-25)14-20(13-18)17-25/h1-5,7,18-20H,6,8-17H2,(H,26,29). The number of nitrogens with zero attached hydrogens (tertiary/aromatic N) is 1. The summed E-state index contributed by atoms with van der Waals surface area (Å²) in [4.78, 5) is 27.5. The van der Waals surface area contributed by atoms with Crippen LogP contribution < -0.4 is 5.32 Å². The number of benzene rings is 1. The van der Waals surface area contributed by atoms with Crippen molar-refractivity contribution in [3.63, 3.8) is 0 Å². The van der Waals surface area contributed by atoms with Gasteiger partial charge in [-0.3, -0.25) is 9.59 Å². The molecule has 5 aliphatic rings. The van der Waals surface area contributed by atoms with E-state index in [1.165, 1.54) is 30.4 Å². The van der Waals surface area contributed by atoms with Crippen molar-refractivity contribution in [2.75, 3.05) is 19.6 Å². The molecular formula is C25H32N2O2. The second-order valence-corrected chi connectivity index (χ2v) is 9.89. The quantitative estimate of drug-likeness (QED) is 0.823. The molecule has 1 aromatic rings. The molecule has 1 aromatic carbocycles. The van der Waals surface area contributed by atoms with Crippen LogP contribution in [-0.4, -0.2) is 36.3 Å². The van der Waals surface area contributed by atoms with Crippen molar-refractivity contribution in [1.82, 2.24) is 10.2 Å². The first-order valence-corrected chi connectivity index (χ1v) is 11.4. The maximum absolute atomic E-state index is 13.0. The van der Waals surface area contributed by atoms with E-state index in [9.17, 15) is 9.59 Å². The molecule has 4 heteroatoms. The van der Waals surface area contributed by atoms with Crippen LogP contribution in [0.25, 0.3) is 5.57 Å². The van der Waals surface area contributed by atoms with Crippen LogP contribution in [0.1, 0.15) is 56.9 Å². The lowest BCUT2D eigenvalue weighted by Gasteiger charge is -2.55. The number of nitrogens with one attached hydrogen (secondary N) is 1. The second kappa shape index (κ2) is 7.62. The minimum absolute atomic E-state index is 0.115. The molecule has 4 bridgehead atoms. The van der Waals surface area contributed by atoms with Crippen molar-refractivity contribution in [3.05, 3.63) is 42.0 Å². The van der Waals surface area contributed by atoms with E-state index in [0.29, 0.717) is 19.5 Å². The number of carbonyl (C=O) groups is 2. The highest BCUT2D eigenvalue weighted by Crippen LogP contribution is 2.60. The summed E-state index contributed by atoms with van der Waals surface area (Å²) in [6, 6.07) is 10.4. The molecule has 4 saturated carbocycles. The van der Waals surface area contributed by atoms with Gasteiger partial charge in [-0.05, 0) is 73.8 Å². The van der Waals surface area contributed by atoms with E-state index in [1.807, 2.05) is 11.0 Å². The van der Waals surface area contributed by atoms with Crippen molar-refractivity contribution in [1.29, 1.82) is 0 Å². The Balaban J connectivity index is 1.11. The summed E-state index contributed by atoms with van der Waals surface area (Å²) < 4.78 is 0. The summed E-state index contributed by atoms with van der Waals surface area (Å²) in [5.41, 5.74) is 2.46. The van der Waals surface area contributed by atoms with Crippen LogP contribution in [0.15, 0.2) is 36.4 Å². The molecule has 1 aliphatic heterocycles. The zero-order valence-electron chi connectivity index (χ0n) is 17.2. The van der Waals surface area contributed by atoms with Crippen LogP contribution in [0, 0.1) is 23.2 Å². The minimum Gasteiger partial charge on any atom is -0.355 e. The molecule has 0 radical (unpaired) electrons. The molecule has 4 fully saturated rings. The van der Waals surface area contributed by atoms with Crippen LogP contribution in [0.4, 0.5) is 0 Å². The number of carbonyl (C=O) groups excluding carboxylic acids is 2. The maximum atomic E-state index is 13.0. The number of hydrogen-bond acceptors (Lipinski definition) is 2. The Morgan fingerprint density at radius 3 is 2.24 bits per heavy atom. The van der Waals surface area contributed by atoms with Crippen LogP contribution in [0.3, 0.4) is 0 Å². The number of rotatable bonds is 5. The Morgan fingerprint density at radius 1 is 1.00 bits per heavy atom. The zero-order valence-corrected chi connectivity index (χ0v) is 17.2. The highest BCUT2D eigenvalue weighted by atomic mass is 16.2. The molecule has 0 aromatic heterocycles. The molecule has 2 amide bonds. The lowest BCUT2D eigenvalue weighted by atomic mass is 9.49. The van der Waals surface area contributed by atoms with E-state index in [1.54, 1.807) is 0 Å². The van der Waals surface area contributed by atoms with Crippen LogP contribution in [-0.2, 0) is 9.59 Å². The average Bonchev–Trinajstić information content (AvgIpc) is 2.73. The molecule has 4 aliphatic carbocycles.